The van der Waals surface area contributed by atoms with Crippen LogP contribution in [0.3, 0.4) is 0 Å². The molecule has 0 saturated carbocycles. The van der Waals surface area contributed by atoms with Crippen LogP contribution in [-0.2, 0) is 6.42 Å². The summed E-state index contributed by atoms with van der Waals surface area (Å²) in [7, 11) is 0. The molecule has 1 aliphatic heterocycles. The molecule has 1 aromatic rings. The minimum absolute atomic E-state index is 0.856. The molecule has 1 aliphatic rings. The first-order valence-electron chi connectivity index (χ1n) is 4.19. The van der Waals surface area contributed by atoms with Gasteiger partial charge in [0.05, 0.1) is 11.1 Å². The molecule has 0 radical (unpaired) electrons. The lowest BCUT2D eigenvalue weighted by Crippen LogP contribution is -2.08. The second kappa shape index (κ2) is 3.09. The van der Waals surface area contributed by atoms with E-state index in [1.807, 2.05) is 0 Å². The fourth-order valence-corrected chi connectivity index (χ4v) is 2.32. The van der Waals surface area contributed by atoms with Crippen LogP contribution in [0.25, 0.3) is 0 Å². The number of hydrogen-bond acceptors (Lipinski definition) is 1. The first kappa shape index (κ1) is 8.11. The summed E-state index contributed by atoms with van der Waals surface area (Å²) in [5, 5.41) is 0. The van der Waals surface area contributed by atoms with Crippen molar-refractivity contribution >= 4 is 15.9 Å². The average molecular weight is 227 g/mol. The second-order valence-corrected chi connectivity index (χ2v) is 4.04. The molecule has 12 heavy (non-hydrogen) atoms. The van der Waals surface area contributed by atoms with Crippen molar-refractivity contribution in [3.63, 3.8) is 0 Å². The van der Waals surface area contributed by atoms with E-state index < -0.39 is 0 Å². The smallest absolute Gasteiger partial charge is 0.136 e. The molecule has 1 aromatic carbocycles. The summed E-state index contributed by atoms with van der Waals surface area (Å²) < 4.78 is 6.66. The van der Waals surface area contributed by atoms with E-state index in [4.69, 9.17) is 4.74 Å². The molecule has 0 unspecified atom stereocenters. The summed E-state index contributed by atoms with van der Waals surface area (Å²) in [4.78, 5) is 0. The topological polar surface area (TPSA) is 9.23 Å². The molecule has 0 bridgehead atoms. The van der Waals surface area contributed by atoms with Gasteiger partial charge in [-0.25, -0.2) is 0 Å². The highest BCUT2D eigenvalue weighted by atomic mass is 79.9. The summed E-state index contributed by atoms with van der Waals surface area (Å²) in [6.07, 6.45) is 2.29. The monoisotopic (exact) mass is 226 g/mol. The molecule has 0 aliphatic carbocycles. The fourth-order valence-electron chi connectivity index (χ4n) is 1.59. The Bertz CT molecular complexity index is 307. The first-order chi connectivity index (χ1) is 5.77. The zero-order valence-corrected chi connectivity index (χ0v) is 8.65. The Balaban J connectivity index is 2.53. The normalized spacial score (nSPS) is 15.2. The van der Waals surface area contributed by atoms with Crippen molar-refractivity contribution in [2.75, 3.05) is 6.61 Å². The van der Waals surface area contributed by atoms with Gasteiger partial charge in [-0.3, -0.25) is 0 Å². The molecule has 0 spiro atoms. The lowest BCUT2D eigenvalue weighted by atomic mass is 10.0. The van der Waals surface area contributed by atoms with Crippen LogP contribution >= 0.6 is 15.9 Å². The van der Waals surface area contributed by atoms with Crippen molar-refractivity contribution in [2.24, 2.45) is 0 Å². The number of fused-ring (bicyclic) bond motifs is 1. The maximum atomic E-state index is 5.56. The van der Waals surface area contributed by atoms with Crippen molar-refractivity contribution in [2.45, 2.75) is 19.8 Å². The van der Waals surface area contributed by atoms with Crippen LogP contribution in [0.2, 0.25) is 0 Å². The third-order valence-electron chi connectivity index (χ3n) is 2.10. The van der Waals surface area contributed by atoms with Gasteiger partial charge in [0.25, 0.3) is 0 Å². The molecule has 0 N–H and O–H groups in total. The summed E-state index contributed by atoms with van der Waals surface area (Å²) in [6.45, 7) is 2.97. The molecule has 1 heterocycles. The van der Waals surface area contributed by atoms with Crippen LogP contribution in [0.5, 0.6) is 5.75 Å². The molecule has 2 rings (SSSR count). The van der Waals surface area contributed by atoms with Crippen LogP contribution in [0.15, 0.2) is 16.6 Å². The number of hydrogen-bond donors (Lipinski definition) is 0. The summed E-state index contributed by atoms with van der Waals surface area (Å²) >= 11 is 3.51. The van der Waals surface area contributed by atoms with Crippen molar-refractivity contribution in [1.29, 1.82) is 0 Å². The Labute approximate surface area is 80.9 Å². The van der Waals surface area contributed by atoms with Crippen LogP contribution in [0, 0.1) is 6.92 Å². The van der Waals surface area contributed by atoms with E-state index in [2.05, 4.69) is 35.0 Å². The molecule has 1 nitrogen and oxygen atoms in total. The van der Waals surface area contributed by atoms with Gasteiger partial charge in [0, 0.05) is 0 Å². The maximum Gasteiger partial charge on any atom is 0.136 e. The molecule has 0 fully saturated rings. The number of aryl methyl sites for hydroxylation is 2. The lowest BCUT2D eigenvalue weighted by Gasteiger charge is -2.18. The predicted molar refractivity (Wildman–Crippen MR) is 52.7 cm³/mol. The Morgan fingerprint density at radius 1 is 1.42 bits per heavy atom. The standard InChI is InChI=1S/C10H11BrO/c1-7-5-8-3-2-4-12-10(8)9(11)6-7/h5-6H,2-4H2,1H3. The number of benzene rings is 1. The lowest BCUT2D eigenvalue weighted by molar-refractivity contribution is 0.286. The molecule has 0 amide bonds. The first-order valence-corrected chi connectivity index (χ1v) is 4.98. The van der Waals surface area contributed by atoms with Crippen LogP contribution < -0.4 is 4.74 Å². The van der Waals surface area contributed by atoms with E-state index in [0.717, 1.165) is 29.7 Å². The molecule has 0 atom stereocenters. The van der Waals surface area contributed by atoms with Crippen LogP contribution in [0.4, 0.5) is 0 Å². The number of ether oxygens (including phenoxy) is 1. The largest absolute Gasteiger partial charge is 0.492 e. The Morgan fingerprint density at radius 2 is 2.25 bits per heavy atom. The van der Waals surface area contributed by atoms with Crippen molar-refractivity contribution in [1.82, 2.24) is 0 Å². The Hall–Kier alpha value is -0.500. The third-order valence-corrected chi connectivity index (χ3v) is 2.69. The highest BCUT2D eigenvalue weighted by Gasteiger charge is 2.13. The molecule has 0 aromatic heterocycles. The Kier molecular flexibility index (Phi) is 2.09. The van der Waals surface area contributed by atoms with E-state index in [0.29, 0.717) is 0 Å². The quantitative estimate of drug-likeness (QED) is 0.661. The van der Waals surface area contributed by atoms with Crippen LogP contribution in [-0.4, -0.2) is 6.61 Å². The second-order valence-electron chi connectivity index (χ2n) is 3.19. The van der Waals surface area contributed by atoms with Crippen LogP contribution in [0.1, 0.15) is 17.5 Å². The fraction of sp³-hybridized carbons (Fsp3) is 0.400. The van der Waals surface area contributed by atoms with Gasteiger partial charge in [0.15, 0.2) is 0 Å². The third kappa shape index (κ3) is 1.36. The van der Waals surface area contributed by atoms with Gasteiger partial charge in [-0.05, 0) is 52.9 Å². The van der Waals surface area contributed by atoms with Gasteiger partial charge in [0.1, 0.15) is 5.75 Å². The number of halogens is 1. The molecular formula is C10H11BrO. The van der Waals surface area contributed by atoms with Crippen molar-refractivity contribution < 1.29 is 4.74 Å². The minimum Gasteiger partial charge on any atom is -0.492 e. The molecule has 64 valence electrons. The van der Waals surface area contributed by atoms with Crippen molar-refractivity contribution in [3.05, 3.63) is 27.7 Å². The van der Waals surface area contributed by atoms with Gasteiger partial charge in [-0.15, -0.1) is 0 Å². The predicted octanol–water partition coefficient (Wildman–Crippen LogP) is 3.08. The van der Waals surface area contributed by atoms with E-state index >= 15 is 0 Å². The zero-order valence-electron chi connectivity index (χ0n) is 7.06. The summed E-state index contributed by atoms with van der Waals surface area (Å²) in [6, 6.07) is 4.31. The minimum atomic E-state index is 0.856. The maximum absolute atomic E-state index is 5.56. The highest BCUT2D eigenvalue weighted by molar-refractivity contribution is 9.10. The van der Waals surface area contributed by atoms with E-state index in [1.54, 1.807) is 0 Å². The average Bonchev–Trinajstić information content (AvgIpc) is 2.04. The van der Waals surface area contributed by atoms with Gasteiger partial charge in [0.2, 0.25) is 0 Å². The summed E-state index contributed by atoms with van der Waals surface area (Å²) in [5.74, 6) is 1.05. The molecule has 0 saturated heterocycles. The van der Waals surface area contributed by atoms with Gasteiger partial charge in [-0.1, -0.05) is 6.07 Å². The molecular weight excluding hydrogens is 216 g/mol. The van der Waals surface area contributed by atoms with Gasteiger partial charge >= 0.3 is 0 Å². The van der Waals surface area contributed by atoms with Gasteiger partial charge < -0.3 is 4.74 Å². The summed E-state index contributed by atoms with van der Waals surface area (Å²) in [5.41, 5.74) is 2.64. The Morgan fingerprint density at radius 3 is 3.08 bits per heavy atom. The SMILES string of the molecule is Cc1cc(Br)c2c(c1)CCCO2. The van der Waals surface area contributed by atoms with Crippen molar-refractivity contribution in [3.8, 4) is 5.75 Å². The van der Waals surface area contributed by atoms with E-state index in [9.17, 15) is 0 Å². The van der Waals surface area contributed by atoms with E-state index in [1.165, 1.54) is 11.1 Å². The highest BCUT2D eigenvalue weighted by Crippen LogP contribution is 2.33. The number of rotatable bonds is 0. The van der Waals surface area contributed by atoms with Gasteiger partial charge in [-0.2, -0.15) is 0 Å². The van der Waals surface area contributed by atoms with E-state index in [-0.39, 0.29) is 0 Å². The molecule has 2 heteroatoms. The zero-order chi connectivity index (χ0) is 8.55.